The number of benzene rings is 2. The van der Waals surface area contributed by atoms with Gasteiger partial charge in [-0.3, -0.25) is 9.89 Å². The van der Waals surface area contributed by atoms with E-state index in [1.54, 1.807) is 14.2 Å². The highest BCUT2D eigenvalue weighted by atomic mass is 16.5. The molecule has 0 aliphatic carbocycles. The quantitative estimate of drug-likeness (QED) is 0.375. The molecule has 1 fully saturated rings. The highest BCUT2D eigenvalue weighted by Crippen LogP contribution is 2.26. The van der Waals surface area contributed by atoms with Crippen LogP contribution in [0.2, 0.25) is 0 Å². The zero-order valence-corrected chi connectivity index (χ0v) is 18.8. The van der Waals surface area contributed by atoms with Gasteiger partial charge < -0.3 is 20.4 Å². The van der Waals surface area contributed by atoms with Crippen molar-refractivity contribution in [1.82, 2.24) is 25.5 Å². The van der Waals surface area contributed by atoms with Crippen molar-refractivity contribution >= 4 is 5.96 Å². The molecular formula is C25H32N6O. The molecule has 1 unspecified atom stereocenters. The largest absolute Gasteiger partial charge is 0.497 e. The molecule has 0 bridgehead atoms. The molecule has 32 heavy (non-hydrogen) atoms. The predicted octanol–water partition coefficient (Wildman–Crippen LogP) is 3.59. The molecule has 2 heterocycles. The summed E-state index contributed by atoms with van der Waals surface area (Å²) in [6, 6.07) is 18.9. The second-order valence-electron chi connectivity index (χ2n) is 7.95. The predicted molar refractivity (Wildman–Crippen MR) is 129 cm³/mol. The molecular weight excluding hydrogens is 400 g/mol. The molecule has 1 aromatic heterocycles. The number of H-pyrrole nitrogens is 1. The minimum atomic E-state index is 0.287. The van der Waals surface area contributed by atoms with E-state index in [4.69, 9.17) is 4.74 Å². The fourth-order valence-corrected chi connectivity index (χ4v) is 4.14. The van der Waals surface area contributed by atoms with E-state index in [1.807, 2.05) is 36.5 Å². The Hall–Kier alpha value is -3.32. The molecule has 1 saturated heterocycles. The van der Waals surface area contributed by atoms with Crippen LogP contribution < -0.4 is 15.4 Å². The maximum absolute atomic E-state index is 5.33. The van der Waals surface area contributed by atoms with E-state index in [0.717, 1.165) is 48.4 Å². The van der Waals surface area contributed by atoms with Gasteiger partial charge >= 0.3 is 0 Å². The van der Waals surface area contributed by atoms with Gasteiger partial charge in [0.15, 0.2) is 5.96 Å². The number of ether oxygens (including phenoxy) is 1. The molecule has 1 atom stereocenters. The van der Waals surface area contributed by atoms with Crippen LogP contribution in [-0.2, 0) is 6.54 Å². The van der Waals surface area contributed by atoms with E-state index in [-0.39, 0.29) is 6.04 Å². The molecule has 0 saturated carbocycles. The number of hydrogen-bond donors (Lipinski definition) is 3. The van der Waals surface area contributed by atoms with Gasteiger partial charge in [0.05, 0.1) is 31.6 Å². The third-order valence-corrected chi connectivity index (χ3v) is 5.90. The fraction of sp³-hybridized carbons (Fsp3) is 0.360. The number of nitrogens with zero attached hydrogens (tertiary/aromatic N) is 3. The van der Waals surface area contributed by atoms with Crippen molar-refractivity contribution in [3.63, 3.8) is 0 Å². The van der Waals surface area contributed by atoms with Gasteiger partial charge in [-0.05, 0) is 49.2 Å². The van der Waals surface area contributed by atoms with Gasteiger partial charge in [-0.25, -0.2) is 4.98 Å². The number of aliphatic imine (C=N–C) groups is 1. The lowest BCUT2D eigenvalue weighted by Gasteiger charge is -2.29. The van der Waals surface area contributed by atoms with Crippen molar-refractivity contribution in [1.29, 1.82) is 0 Å². The Morgan fingerprint density at radius 3 is 2.53 bits per heavy atom. The minimum absolute atomic E-state index is 0.287. The smallest absolute Gasteiger partial charge is 0.191 e. The van der Waals surface area contributed by atoms with Gasteiger partial charge in [0.1, 0.15) is 11.6 Å². The monoisotopic (exact) mass is 432 g/mol. The van der Waals surface area contributed by atoms with Gasteiger partial charge in [0.25, 0.3) is 0 Å². The Bertz CT molecular complexity index is 993. The van der Waals surface area contributed by atoms with Crippen LogP contribution in [-0.4, -0.2) is 54.6 Å². The second-order valence-corrected chi connectivity index (χ2v) is 7.95. The Kier molecular flexibility index (Phi) is 7.40. The number of guanidine groups is 1. The summed E-state index contributed by atoms with van der Waals surface area (Å²) in [6.07, 6.45) is 4.37. The first-order valence-electron chi connectivity index (χ1n) is 11.2. The summed E-state index contributed by atoms with van der Waals surface area (Å²) in [6.45, 7) is 3.60. The third-order valence-electron chi connectivity index (χ3n) is 5.90. The van der Waals surface area contributed by atoms with Crippen molar-refractivity contribution < 1.29 is 4.74 Å². The maximum Gasteiger partial charge on any atom is 0.191 e. The number of aromatic nitrogens is 2. The third kappa shape index (κ3) is 5.48. The molecule has 7 nitrogen and oxygen atoms in total. The van der Waals surface area contributed by atoms with Crippen LogP contribution >= 0.6 is 0 Å². The Balaban J connectivity index is 1.36. The second kappa shape index (κ2) is 10.8. The van der Waals surface area contributed by atoms with E-state index in [0.29, 0.717) is 6.54 Å². The van der Waals surface area contributed by atoms with Crippen molar-refractivity contribution in [2.75, 3.05) is 33.8 Å². The Morgan fingerprint density at radius 2 is 1.84 bits per heavy atom. The number of rotatable bonds is 8. The van der Waals surface area contributed by atoms with Crippen molar-refractivity contribution in [3.05, 3.63) is 72.2 Å². The van der Waals surface area contributed by atoms with Crippen LogP contribution in [0.1, 0.15) is 30.3 Å². The lowest BCUT2D eigenvalue weighted by molar-refractivity contribution is 0.245. The maximum atomic E-state index is 5.33. The molecule has 2 aromatic carbocycles. The SMILES string of the molecule is CN=C(NCc1ncc(-c2ccccc2)[nH]1)NCC(c1ccc(OC)cc1)N1CCCC1. The number of hydrogen-bond acceptors (Lipinski definition) is 4. The summed E-state index contributed by atoms with van der Waals surface area (Å²) in [5.74, 6) is 2.52. The van der Waals surface area contributed by atoms with E-state index in [2.05, 4.69) is 54.8 Å². The summed E-state index contributed by atoms with van der Waals surface area (Å²) in [7, 11) is 3.50. The molecule has 1 aliphatic heterocycles. The standard InChI is InChI=1S/C25H32N6O/c1-26-25(29-18-24-27-16-22(30-24)19-8-4-3-5-9-19)28-17-23(31-14-6-7-15-31)20-10-12-21(32-2)13-11-20/h3-5,8-13,16,23H,6-7,14-15,17-18H2,1-2H3,(H,27,30)(H2,26,28,29). The highest BCUT2D eigenvalue weighted by Gasteiger charge is 2.23. The summed E-state index contributed by atoms with van der Waals surface area (Å²) >= 11 is 0. The molecule has 0 radical (unpaired) electrons. The van der Waals surface area contributed by atoms with E-state index >= 15 is 0 Å². The topological polar surface area (TPSA) is 77.6 Å². The first-order valence-corrected chi connectivity index (χ1v) is 11.2. The van der Waals surface area contributed by atoms with E-state index < -0.39 is 0 Å². The van der Waals surface area contributed by atoms with Crippen LogP contribution in [0.15, 0.2) is 65.8 Å². The van der Waals surface area contributed by atoms with Gasteiger partial charge in [0, 0.05) is 13.6 Å². The number of nitrogens with one attached hydrogen (secondary N) is 3. The fourth-order valence-electron chi connectivity index (χ4n) is 4.14. The van der Waals surface area contributed by atoms with Crippen molar-refractivity contribution in [2.45, 2.75) is 25.4 Å². The lowest BCUT2D eigenvalue weighted by Crippen LogP contribution is -2.42. The normalized spacial score (nSPS) is 15.5. The summed E-state index contributed by atoms with van der Waals surface area (Å²) in [5, 5.41) is 6.88. The van der Waals surface area contributed by atoms with Crippen LogP contribution in [0, 0.1) is 0 Å². The summed E-state index contributed by atoms with van der Waals surface area (Å²) < 4.78 is 5.33. The number of likely N-dealkylation sites (tertiary alicyclic amines) is 1. The Morgan fingerprint density at radius 1 is 1.09 bits per heavy atom. The zero-order valence-electron chi connectivity index (χ0n) is 18.8. The highest BCUT2D eigenvalue weighted by molar-refractivity contribution is 5.79. The van der Waals surface area contributed by atoms with Crippen molar-refractivity contribution in [2.24, 2.45) is 4.99 Å². The number of aromatic amines is 1. The molecule has 168 valence electrons. The number of methoxy groups -OCH3 is 1. The van der Waals surface area contributed by atoms with Crippen LogP contribution in [0.25, 0.3) is 11.3 Å². The van der Waals surface area contributed by atoms with Crippen molar-refractivity contribution in [3.8, 4) is 17.0 Å². The summed E-state index contributed by atoms with van der Waals surface area (Å²) in [4.78, 5) is 14.8. The van der Waals surface area contributed by atoms with Gasteiger partial charge in [-0.1, -0.05) is 42.5 Å². The van der Waals surface area contributed by atoms with Crippen LogP contribution in [0.3, 0.4) is 0 Å². The minimum Gasteiger partial charge on any atom is -0.497 e. The molecule has 3 N–H and O–H groups in total. The molecule has 1 aliphatic rings. The van der Waals surface area contributed by atoms with Gasteiger partial charge in [-0.15, -0.1) is 0 Å². The molecule has 0 spiro atoms. The Labute approximate surface area is 189 Å². The van der Waals surface area contributed by atoms with E-state index in [1.165, 1.54) is 18.4 Å². The van der Waals surface area contributed by atoms with Crippen LogP contribution in [0.5, 0.6) is 5.75 Å². The first-order chi connectivity index (χ1) is 15.8. The van der Waals surface area contributed by atoms with E-state index in [9.17, 15) is 0 Å². The molecule has 4 rings (SSSR count). The van der Waals surface area contributed by atoms with Crippen LogP contribution in [0.4, 0.5) is 0 Å². The molecule has 0 amide bonds. The average molecular weight is 433 g/mol. The first kappa shape index (κ1) is 21.9. The molecule has 3 aromatic rings. The average Bonchev–Trinajstić information content (AvgIpc) is 3.55. The van der Waals surface area contributed by atoms with Gasteiger partial charge in [-0.2, -0.15) is 0 Å². The molecule has 7 heteroatoms. The lowest BCUT2D eigenvalue weighted by atomic mass is 10.1. The number of imidazole rings is 1. The van der Waals surface area contributed by atoms with Gasteiger partial charge in [0.2, 0.25) is 0 Å². The zero-order chi connectivity index (χ0) is 22.2. The summed E-state index contributed by atoms with van der Waals surface area (Å²) in [5.41, 5.74) is 3.43.